The predicted octanol–water partition coefficient (Wildman–Crippen LogP) is 4.88. The molecular formula is C26H33N5O. The van der Waals surface area contributed by atoms with Crippen molar-refractivity contribution in [2.75, 3.05) is 41.3 Å². The number of benzene rings is 1. The van der Waals surface area contributed by atoms with Gasteiger partial charge in [-0.25, -0.2) is 4.98 Å². The number of piperidine rings is 1. The van der Waals surface area contributed by atoms with E-state index < -0.39 is 0 Å². The summed E-state index contributed by atoms with van der Waals surface area (Å²) in [5.74, 6) is 1.13. The first-order valence-electron chi connectivity index (χ1n) is 11.6. The summed E-state index contributed by atoms with van der Waals surface area (Å²) >= 11 is 0. The van der Waals surface area contributed by atoms with E-state index in [1.54, 1.807) is 0 Å². The summed E-state index contributed by atoms with van der Waals surface area (Å²) in [6.07, 6.45) is 7.60. The quantitative estimate of drug-likeness (QED) is 0.579. The smallest absolute Gasteiger partial charge is 0.227 e. The van der Waals surface area contributed by atoms with Gasteiger partial charge in [0.05, 0.1) is 11.9 Å². The molecule has 32 heavy (non-hydrogen) atoms. The lowest BCUT2D eigenvalue weighted by Crippen LogP contribution is -2.38. The molecule has 1 amide bonds. The van der Waals surface area contributed by atoms with Gasteiger partial charge in [0.2, 0.25) is 5.91 Å². The Morgan fingerprint density at radius 2 is 1.81 bits per heavy atom. The van der Waals surface area contributed by atoms with E-state index in [2.05, 4.69) is 65.1 Å². The lowest BCUT2D eigenvalue weighted by Gasteiger charge is -2.32. The van der Waals surface area contributed by atoms with E-state index in [1.165, 1.54) is 5.69 Å². The highest BCUT2D eigenvalue weighted by Gasteiger charge is 2.26. The molecule has 0 radical (unpaired) electrons. The summed E-state index contributed by atoms with van der Waals surface area (Å²) < 4.78 is 2.05. The van der Waals surface area contributed by atoms with Crippen LogP contribution < -0.4 is 15.1 Å². The van der Waals surface area contributed by atoms with Gasteiger partial charge in [-0.2, -0.15) is 0 Å². The zero-order valence-corrected chi connectivity index (χ0v) is 19.3. The van der Waals surface area contributed by atoms with Crippen molar-refractivity contribution in [1.82, 2.24) is 9.55 Å². The third-order valence-electron chi connectivity index (χ3n) is 6.42. The number of aryl methyl sites for hydroxylation is 1. The summed E-state index contributed by atoms with van der Waals surface area (Å²) in [4.78, 5) is 22.1. The summed E-state index contributed by atoms with van der Waals surface area (Å²) in [6.45, 7) is 10.0. The van der Waals surface area contributed by atoms with Crippen LogP contribution >= 0.6 is 0 Å². The molecule has 1 aliphatic heterocycles. The average Bonchev–Trinajstić information content (AvgIpc) is 3.37. The second-order valence-corrected chi connectivity index (χ2v) is 8.39. The fourth-order valence-corrected chi connectivity index (χ4v) is 4.40. The first-order chi connectivity index (χ1) is 15.6. The molecule has 0 unspecified atom stereocenters. The molecule has 0 atom stereocenters. The Balaban J connectivity index is 1.33. The molecule has 1 N–H and O–H groups in total. The van der Waals surface area contributed by atoms with Gasteiger partial charge in [0.15, 0.2) is 0 Å². The highest BCUT2D eigenvalue weighted by Crippen LogP contribution is 2.26. The number of pyridine rings is 1. The van der Waals surface area contributed by atoms with Gasteiger partial charge in [0.1, 0.15) is 5.82 Å². The van der Waals surface area contributed by atoms with Crippen molar-refractivity contribution in [3.8, 4) is 5.69 Å². The van der Waals surface area contributed by atoms with Crippen molar-refractivity contribution in [3.05, 3.63) is 66.6 Å². The van der Waals surface area contributed by atoms with Gasteiger partial charge in [-0.05, 0) is 81.6 Å². The van der Waals surface area contributed by atoms with Crippen molar-refractivity contribution in [2.24, 2.45) is 5.92 Å². The number of hydrogen-bond acceptors (Lipinski definition) is 4. The number of carbonyl (C=O) groups is 1. The van der Waals surface area contributed by atoms with Gasteiger partial charge < -0.3 is 19.7 Å². The maximum absolute atomic E-state index is 12.9. The molecule has 6 heteroatoms. The number of hydrogen-bond donors (Lipinski definition) is 1. The van der Waals surface area contributed by atoms with E-state index in [0.29, 0.717) is 0 Å². The normalized spacial score (nSPS) is 14.4. The zero-order valence-electron chi connectivity index (χ0n) is 19.3. The van der Waals surface area contributed by atoms with E-state index in [1.807, 2.05) is 41.4 Å². The fourth-order valence-electron chi connectivity index (χ4n) is 4.40. The van der Waals surface area contributed by atoms with E-state index in [9.17, 15) is 4.79 Å². The Hall–Kier alpha value is -3.28. The van der Waals surface area contributed by atoms with Crippen LogP contribution in [0.25, 0.3) is 5.69 Å². The molecule has 1 aromatic carbocycles. The molecular weight excluding hydrogens is 398 g/mol. The average molecular weight is 432 g/mol. The zero-order chi connectivity index (χ0) is 22.5. The Bertz CT molecular complexity index is 1020. The number of nitrogens with one attached hydrogen (secondary N) is 1. The minimum Gasteiger partial charge on any atom is -0.372 e. The van der Waals surface area contributed by atoms with Crippen LogP contribution in [0.4, 0.5) is 17.2 Å². The highest BCUT2D eigenvalue weighted by atomic mass is 16.1. The van der Waals surface area contributed by atoms with Crippen LogP contribution in [-0.2, 0) is 4.79 Å². The van der Waals surface area contributed by atoms with Crippen molar-refractivity contribution < 1.29 is 4.79 Å². The molecule has 0 saturated carbocycles. The molecule has 0 spiro atoms. The molecule has 2 aromatic heterocycles. The van der Waals surface area contributed by atoms with Gasteiger partial charge in [0.25, 0.3) is 0 Å². The SMILES string of the molecule is CCN(CC)c1ccc(NC(=O)C2CCN(c3ccc(-n4cccc4)cn3)CC2)c(C)c1. The van der Waals surface area contributed by atoms with Gasteiger partial charge in [-0.1, -0.05) is 0 Å². The van der Waals surface area contributed by atoms with Crippen LogP contribution in [0.15, 0.2) is 61.1 Å². The molecule has 0 bridgehead atoms. The maximum atomic E-state index is 12.9. The molecule has 3 aromatic rings. The first kappa shape index (κ1) is 21.9. The Morgan fingerprint density at radius 1 is 1.09 bits per heavy atom. The fraction of sp³-hybridized carbons (Fsp3) is 0.385. The van der Waals surface area contributed by atoms with Gasteiger partial charge >= 0.3 is 0 Å². The van der Waals surface area contributed by atoms with E-state index in [-0.39, 0.29) is 11.8 Å². The summed E-state index contributed by atoms with van der Waals surface area (Å²) in [7, 11) is 0. The lowest BCUT2D eigenvalue weighted by atomic mass is 9.95. The van der Waals surface area contributed by atoms with E-state index in [0.717, 1.165) is 61.8 Å². The van der Waals surface area contributed by atoms with Crippen LogP contribution in [0.3, 0.4) is 0 Å². The monoisotopic (exact) mass is 431 g/mol. The maximum Gasteiger partial charge on any atom is 0.227 e. The van der Waals surface area contributed by atoms with Crippen molar-refractivity contribution in [3.63, 3.8) is 0 Å². The number of aromatic nitrogens is 2. The Morgan fingerprint density at radius 3 is 2.41 bits per heavy atom. The third kappa shape index (κ3) is 4.79. The number of rotatable bonds is 7. The molecule has 168 valence electrons. The minimum atomic E-state index is 0.0345. The number of nitrogens with zero attached hydrogens (tertiary/aromatic N) is 4. The number of amides is 1. The van der Waals surface area contributed by atoms with Crippen LogP contribution in [-0.4, -0.2) is 41.6 Å². The molecule has 3 heterocycles. The summed E-state index contributed by atoms with van der Waals surface area (Å²) in [5.41, 5.74) is 4.27. The molecule has 0 aliphatic carbocycles. The van der Waals surface area contributed by atoms with Gasteiger partial charge in [0, 0.05) is 55.9 Å². The molecule has 1 saturated heterocycles. The van der Waals surface area contributed by atoms with Gasteiger partial charge in [-0.3, -0.25) is 4.79 Å². The van der Waals surface area contributed by atoms with Crippen LogP contribution in [0, 0.1) is 12.8 Å². The Labute approximate surface area is 190 Å². The minimum absolute atomic E-state index is 0.0345. The number of carbonyl (C=O) groups excluding carboxylic acids is 1. The second kappa shape index (κ2) is 9.90. The van der Waals surface area contributed by atoms with Crippen LogP contribution in [0.2, 0.25) is 0 Å². The summed E-state index contributed by atoms with van der Waals surface area (Å²) in [5, 5.41) is 3.17. The van der Waals surface area contributed by atoms with Gasteiger partial charge in [-0.15, -0.1) is 0 Å². The highest BCUT2D eigenvalue weighted by molar-refractivity contribution is 5.93. The predicted molar refractivity (Wildman–Crippen MR) is 132 cm³/mol. The van der Waals surface area contributed by atoms with Crippen LogP contribution in [0.5, 0.6) is 0 Å². The van der Waals surface area contributed by atoms with Crippen molar-refractivity contribution in [2.45, 2.75) is 33.6 Å². The Kier molecular flexibility index (Phi) is 6.78. The van der Waals surface area contributed by atoms with Crippen molar-refractivity contribution >= 4 is 23.1 Å². The molecule has 4 rings (SSSR count). The molecule has 1 fully saturated rings. The van der Waals surface area contributed by atoms with Crippen LogP contribution in [0.1, 0.15) is 32.3 Å². The molecule has 1 aliphatic rings. The van der Waals surface area contributed by atoms with Crippen molar-refractivity contribution in [1.29, 1.82) is 0 Å². The first-order valence-corrected chi connectivity index (χ1v) is 11.6. The largest absolute Gasteiger partial charge is 0.372 e. The molecule has 6 nitrogen and oxygen atoms in total. The lowest BCUT2D eigenvalue weighted by molar-refractivity contribution is -0.120. The second-order valence-electron chi connectivity index (χ2n) is 8.39. The summed E-state index contributed by atoms with van der Waals surface area (Å²) in [6, 6.07) is 14.5. The third-order valence-corrected chi connectivity index (χ3v) is 6.42. The van der Waals surface area contributed by atoms with E-state index in [4.69, 9.17) is 0 Å². The van der Waals surface area contributed by atoms with E-state index >= 15 is 0 Å². The standard InChI is InChI=1S/C26H33N5O/c1-4-29(5-2)22-8-10-24(20(3)18-22)28-26(32)21-12-16-31(17-13-21)25-11-9-23(19-27-25)30-14-6-7-15-30/h6-11,14-15,18-19,21H,4-5,12-13,16-17H2,1-3H3,(H,28,32). The topological polar surface area (TPSA) is 53.4 Å². The number of anilines is 3.